The highest BCUT2D eigenvalue weighted by atomic mass is 16.1. The summed E-state index contributed by atoms with van der Waals surface area (Å²) in [6.07, 6.45) is 3.30. The number of rotatable bonds is 6. The van der Waals surface area contributed by atoms with Gasteiger partial charge in [-0.25, -0.2) is 4.98 Å². The summed E-state index contributed by atoms with van der Waals surface area (Å²) in [7, 11) is 0. The molecule has 0 bridgehead atoms. The lowest BCUT2D eigenvalue weighted by atomic mass is 10.1. The van der Waals surface area contributed by atoms with Crippen LogP contribution in [0.1, 0.15) is 33.8 Å². The third-order valence-electron chi connectivity index (χ3n) is 5.57. The molecule has 1 amide bonds. The minimum atomic E-state index is -0.257. The van der Waals surface area contributed by atoms with Gasteiger partial charge < -0.3 is 10.3 Å². The van der Waals surface area contributed by atoms with E-state index in [1.165, 1.54) is 23.3 Å². The van der Waals surface area contributed by atoms with Gasteiger partial charge in [-0.15, -0.1) is 0 Å². The second-order valence-electron chi connectivity index (χ2n) is 8.37. The number of anilines is 1. The minimum Gasteiger partial charge on any atom is -0.322 e. The SMILES string of the molecule is Cc1ccc(Cn2nc(C)c(/C=C/C(=O)Nc3cccc(-c4nc(C)cc(=O)[nH]4)c3)c2C)cc1. The fourth-order valence-corrected chi connectivity index (χ4v) is 3.78. The summed E-state index contributed by atoms with van der Waals surface area (Å²) in [6.45, 7) is 8.45. The zero-order valence-corrected chi connectivity index (χ0v) is 19.7. The topological polar surface area (TPSA) is 92.7 Å². The Hall–Kier alpha value is -4.26. The van der Waals surface area contributed by atoms with E-state index in [9.17, 15) is 9.59 Å². The molecule has 2 aromatic carbocycles. The number of aryl methyl sites for hydroxylation is 3. The van der Waals surface area contributed by atoms with Crippen LogP contribution in [-0.4, -0.2) is 25.7 Å². The first kappa shape index (κ1) is 22.9. The monoisotopic (exact) mass is 453 g/mol. The normalized spacial score (nSPS) is 11.2. The summed E-state index contributed by atoms with van der Waals surface area (Å²) in [4.78, 5) is 31.4. The average molecular weight is 454 g/mol. The van der Waals surface area contributed by atoms with Gasteiger partial charge in [0.1, 0.15) is 5.82 Å². The Balaban J connectivity index is 1.48. The lowest BCUT2D eigenvalue weighted by Gasteiger charge is -2.06. The Morgan fingerprint density at radius 1 is 1.06 bits per heavy atom. The van der Waals surface area contributed by atoms with Crippen LogP contribution in [-0.2, 0) is 11.3 Å². The summed E-state index contributed by atoms with van der Waals surface area (Å²) < 4.78 is 1.96. The number of carbonyl (C=O) groups excluding carboxylic acids is 1. The predicted octanol–water partition coefficient (Wildman–Crippen LogP) is 4.57. The van der Waals surface area contributed by atoms with Crippen molar-refractivity contribution in [2.24, 2.45) is 0 Å². The zero-order chi connectivity index (χ0) is 24.2. The van der Waals surface area contributed by atoms with Crippen LogP contribution in [0.25, 0.3) is 17.5 Å². The van der Waals surface area contributed by atoms with E-state index in [1.807, 2.05) is 24.6 Å². The van der Waals surface area contributed by atoms with Gasteiger partial charge in [0.15, 0.2) is 0 Å². The number of hydrogen-bond donors (Lipinski definition) is 2. The van der Waals surface area contributed by atoms with Crippen LogP contribution in [0.2, 0.25) is 0 Å². The number of nitrogens with one attached hydrogen (secondary N) is 2. The van der Waals surface area contributed by atoms with Crippen LogP contribution in [0.4, 0.5) is 5.69 Å². The molecule has 172 valence electrons. The number of H-pyrrole nitrogens is 1. The first-order chi connectivity index (χ1) is 16.3. The molecule has 2 aromatic heterocycles. The van der Waals surface area contributed by atoms with Gasteiger partial charge in [0.05, 0.1) is 12.2 Å². The van der Waals surface area contributed by atoms with Crippen LogP contribution in [0.15, 0.2) is 65.5 Å². The molecule has 0 fully saturated rings. The van der Waals surface area contributed by atoms with E-state index in [2.05, 4.69) is 51.6 Å². The number of nitrogens with zero attached hydrogens (tertiary/aromatic N) is 3. The molecule has 7 heteroatoms. The van der Waals surface area contributed by atoms with Crippen LogP contribution in [0, 0.1) is 27.7 Å². The predicted molar refractivity (Wildman–Crippen MR) is 135 cm³/mol. The van der Waals surface area contributed by atoms with Gasteiger partial charge in [-0.2, -0.15) is 5.10 Å². The van der Waals surface area contributed by atoms with Crippen molar-refractivity contribution in [2.45, 2.75) is 34.2 Å². The van der Waals surface area contributed by atoms with Crippen molar-refractivity contribution >= 4 is 17.7 Å². The third-order valence-corrected chi connectivity index (χ3v) is 5.57. The van der Waals surface area contributed by atoms with E-state index in [0.29, 0.717) is 29.3 Å². The van der Waals surface area contributed by atoms with Crippen molar-refractivity contribution in [3.05, 3.63) is 105 Å². The molecule has 4 rings (SSSR count). The molecule has 0 radical (unpaired) electrons. The smallest absolute Gasteiger partial charge is 0.251 e. The fraction of sp³-hybridized carbons (Fsp3) is 0.185. The molecule has 0 aliphatic carbocycles. The lowest BCUT2D eigenvalue weighted by molar-refractivity contribution is -0.111. The van der Waals surface area contributed by atoms with Crippen molar-refractivity contribution in [3.8, 4) is 11.4 Å². The highest BCUT2D eigenvalue weighted by molar-refractivity contribution is 6.02. The van der Waals surface area contributed by atoms with E-state index in [1.54, 1.807) is 31.2 Å². The molecule has 0 aliphatic heterocycles. The molecule has 0 saturated heterocycles. The van der Waals surface area contributed by atoms with E-state index in [0.717, 1.165) is 17.0 Å². The number of aromatic amines is 1. The van der Waals surface area contributed by atoms with Gasteiger partial charge in [-0.3, -0.25) is 14.3 Å². The van der Waals surface area contributed by atoms with Crippen LogP contribution in [0.5, 0.6) is 0 Å². The van der Waals surface area contributed by atoms with E-state index in [-0.39, 0.29) is 11.5 Å². The Kier molecular flexibility index (Phi) is 6.54. The van der Waals surface area contributed by atoms with Crippen molar-refractivity contribution in [3.63, 3.8) is 0 Å². The Morgan fingerprint density at radius 3 is 2.56 bits per heavy atom. The summed E-state index contributed by atoms with van der Waals surface area (Å²) in [6, 6.07) is 17.0. The van der Waals surface area contributed by atoms with Gasteiger partial charge in [0, 0.05) is 40.3 Å². The largest absolute Gasteiger partial charge is 0.322 e. The molecular weight excluding hydrogens is 426 g/mol. The molecule has 0 saturated carbocycles. The van der Waals surface area contributed by atoms with Crippen LogP contribution in [0.3, 0.4) is 0 Å². The maximum absolute atomic E-state index is 12.6. The zero-order valence-electron chi connectivity index (χ0n) is 19.7. The highest BCUT2D eigenvalue weighted by Gasteiger charge is 2.10. The summed E-state index contributed by atoms with van der Waals surface area (Å²) in [5.74, 6) is 0.205. The summed E-state index contributed by atoms with van der Waals surface area (Å²) >= 11 is 0. The van der Waals surface area contributed by atoms with E-state index in [4.69, 9.17) is 0 Å². The molecule has 2 N–H and O–H groups in total. The molecule has 2 heterocycles. The van der Waals surface area contributed by atoms with Gasteiger partial charge >= 0.3 is 0 Å². The van der Waals surface area contributed by atoms with Gasteiger partial charge in [0.25, 0.3) is 5.56 Å². The number of carbonyl (C=O) groups is 1. The maximum Gasteiger partial charge on any atom is 0.251 e. The molecule has 4 aromatic rings. The molecule has 0 unspecified atom stereocenters. The fourth-order valence-electron chi connectivity index (χ4n) is 3.78. The van der Waals surface area contributed by atoms with E-state index >= 15 is 0 Å². The third kappa shape index (κ3) is 5.38. The molecule has 34 heavy (non-hydrogen) atoms. The highest BCUT2D eigenvalue weighted by Crippen LogP contribution is 2.20. The van der Waals surface area contributed by atoms with Crippen molar-refractivity contribution in [1.29, 1.82) is 0 Å². The van der Waals surface area contributed by atoms with Gasteiger partial charge in [0.2, 0.25) is 5.91 Å². The molecule has 0 spiro atoms. The quantitative estimate of drug-likeness (QED) is 0.418. The number of benzene rings is 2. The van der Waals surface area contributed by atoms with Crippen LogP contribution < -0.4 is 10.9 Å². The maximum atomic E-state index is 12.6. The van der Waals surface area contributed by atoms with Crippen LogP contribution >= 0.6 is 0 Å². The standard InChI is InChI=1S/C27H27N5O2/c1-17-8-10-21(11-9-17)16-32-20(4)24(19(3)31-32)12-13-25(33)29-23-7-5-6-22(15-23)27-28-18(2)14-26(34)30-27/h5-15H,16H2,1-4H3,(H,29,33)(H,28,30,34)/b13-12+. The lowest BCUT2D eigenvalue weighted by Crippen LogP contribution is -2.10. The summed E-state index contributed by atoms with van der Waals surface area (Å²) in [5.41, 5.74) is 6.93. The Bertz CT molecular complexity index is 1430. The first-order valence-electron chi connectivity index (χ1n) is 11.1. The second kappa shape index (κ2) is 9.70. The van der Waals surface area contributed by atoms with Gasteiger partial charge in [-0.05, 0) is 51.5 Å². The molecule has 0 aliphatic rings. The molecule has 7 nitrogen and oxygen atoms in total. The Labute approximate surface area is 198 Å². The van der Waals surface area contributed by atoms with Gasteiger partial charge in [-0.1, -0.05) is 42.0 Å². The number of hydrogen-bond acceptors (Lipinski definition) is 4. The Morgan fingerprint density at radius 2 is 1.82 bits per heavy atom. The van der Waals surface area contributed by atoms with Crippen molar-refractivity contribution in [2.75, 3.05) is 5.32 Å². The first-order valence-corrected chi connectivity index (χ1v) is 11.1. The number of amides is 1. The molecule has 0 atom stereocenters. The van der Waals surface area contributed by atoms with Crippen molar-refractivity contribution in [1.82, 2.24) is 19.7 Å². The van der Waals surface area contributed by atoms with E-state index < -0.39 is 0 Å². The summed E-state index contributed by atoms with van der Waals surface area (Å²) in [5, 5.41) is 7.52. The average Bonchev–Trinajstić information content (AvgIpc) is 3.05. The minimum absolute atomic E-state index is 0.214. The van der Waals surface area contributed by atoms with Crippen molar-refractivity contribution < 1.29 is 4.79 Å². The number of aromatic nitrogens is 4. The molecular formula is C27H27N5O2. The second-order valence-corrected chi connectivity index (χ2v) is 8.37.